The molecule has 1 aromatic carbocycles. The Labute approximate surface area is 208 Å². The molecule has 0 saturated carbocycles. The van der Waals surface area contributed by atoms with Crippen LogP contribution in [0.4, 0.5) is 18.0 Å². The van der Waals surface area contributed by atoms with Crippen molar-refractivity contribution in [1.29, 1.82) is 0 Å². The van der Waals surface area contributed by atoms with Gasteiger partial charge >= 0.3 is 12.2 Å². The average molecular weight is 531 g/mol. The SMILES string of the molecule is CCNC(=O)N1CC2(C1)OCc1cc(C3=NSC(c4cc(Cl)nc(Cl)c4)(C(F)(F)F)C3)ccc12. The minimum Gasteiger partial charge on any atom is -0.362 e. The summed E-state index contributed by atoms with van der Waals surface area (Å²) in [5.74, 6) is 0. The fourth-order valence-electron chi connectivity index (χ4n) is 4.63. The van der Waals surface area contributed by atoms with E-state index in [1.807, 2.05) is 19.1 Å². The van der Waals surface area contributed by atoms with Crippen LogP contribution in [0.5, 0.6) is 0 Å². The van der Waals surface area contributed by atoms with Gasteiger partial charge in [0, 0.05) is 13.0 Å². The number of aromatic nitrogens is 1. The third kappa shape index (κ3) is 3.75. The minimum absolute atomic E-state index is 0.0860. The Morgan fingerprint density at radius 2 is 1.94 bits per heavy atom. The number of likely N-dealkylation sites (tertiary alicyclic amines) is 1. The van der Waals surface area contributed by atoms with E-state index in [1.54, 1.807) is 11.0 Å². The van der Waals surface area contributed by atoms with Gasteiger partial charge in [0.25, 0.3) is 0 Å². The van der Waals surface area contributed by atoms with Crippen molar-refractivity contribution >= 4 is 46.9 Å². The molecule has 1 fully saturated rings. The van der Waals surface area contributed by atoms with Crippen molar-refractivity contribution in [1.82, 2.24) is 15.2 Å². The second-order valence-electron chi connectivity index (χ2n) is 8.48. The van der Waals surface area contributed by atoms with Gasteiger partial charge in [-0.05, 0) is 59.3 Å². The van der Waals surface area contributed by atoms with Crippen LogP contribution in [0.2, 0.25) is 10.3 Å². The summed E-state index contributed by atoms with van der Waals surface area (Å²) >= 11 is 12.3. The molecule has 1 N–H and O–H groups in total. The van der Waals surface area contributed by atoms with Crippen LogP contribution in [-0.4, -0.2) is 47.4 Å². The first kappa shape index (κ1) is 23.7. The van der Waals surface area contributed by atoms with Crippen LogP contribution in [0.1, 0.15) is 35.6 Å². The molecule has 6 nitrogen and oxygen atoms in total. The third-order valence-corrected chi connectivity index (χ3v) is 7.98. The Hall–Kier alpha value is -2.01. The molecule has 1 atom stereocenters. The third-order valence-electron chi connectivity index (χ3n) is 6.36. The molecule has 1 aromatic heterocycles. The maximum Gasteiger partial charge on any atom is 0.409 e. The van der Waals surface area contributed by atoms with Crippen molar-refractivity contribution in [3.8, 4) is 0 Å². The highest BCUT2D eigenvalue weighted by Gasteiger charge is 2.60. The molecule has 5 rings (SSSR count). The van der Waals surface area contributed by atoms with E-state index < -0.39 is 16.5 Å². The molecule has 2 amide bonds. The van der Waals surface area contributed by atoms with Gasteiger partial charge in [-0.3, -0.25) is 0 Å². The van der Waals surface area contributed by atoms with Crippen molar-refractivity contribution in [3.63, 3.8) is 0 Å². The van der Waals surface area contributed by atoms with Crippen molar-refractivity contribution < 1.29 is 22.7 Å². The van der Waals surface area contributed by atoms with Crippen LogP contribution in [0.15, 0.2) is 34.7 Å². The maximum atomic E-state index is 14.3. The number of benzene rings is 1. The molecule has 1 spiro atoms. The second kappa shape index (κ2) is 8.29. The van der Waals surface area contributed by atoms with E-state index in [0.717, 1.165) is 11.1 Å². The number of halogens is 5. The van der Waals surface area contributed by atoms with Crippen LogP contribution in [0.25, 0.3) is 0 Å². The van der Waals surface area contributed by atoms with E-state index in [-0.39, 0.29) is 28.3 Å². The van der Waals surface area contributed by atoms with E-state index in [1.165, 1.54) is 12.1 Å². The smallest absolute Gasteiger partial charge is 0.362 e. The highest BCUT2D eigenvalue weighted by atomic mass is 35.5. The first-order valence-electron chi connectivity index (χ1n) is 10.5. The summed E-state index contributed by atoms with van der Waals surface area (Å²) < 4.78 is 50.9. The largest absolute Gasteiger partial charge is 0.409 e. The minimum atomic E-state index is -4.60. The zero-order valence-corrected chi connectivity index (χ0v) is 20.2. The number of pyridine rings is 1. The lowest BCUT2D eigenvalue weighted by atomic mass is 9.84. The van der Waals surface area contributed by atoms with E-state index in [4.69, 9.17) is 27.9 Å². The number of nitrogens with zero attached hydrogens (tertiary/aromatic N) is 3. The first-order valence-corrected chi connectivity index (χ1v) is 12.1. The van der Waals surface area contributed by atoms with Gasteiger partial charge in [-0.15, -0.1) is 0 Å². The number of hydrogen-bond acceptors (Lipinski definition) is 5. The molecule has 0 aliphatic carbocycles. The van der Waals surface area contributed by atoms with Crippen molar-refractivity contribution in [2.45, 2.75) is 36.5 Å². The lowest BCUT2D eigenvalue weighted by molar-refractivity contribution is -0.159. The van der Waals surface area contributed by atoms with E-state index in [2.05, 4.69) is 14.7 Å². The van der Waals surface area contributed by atoms with Crippen LogP contribution >= 0.6 is 35.1 Å². The number of rotatable bonds is 3. The monoisotopic (exact) mass is 530 g/mol. The topological polar surface area (TPSA) is 66.8 Å². The van der Waals surface area contributed by atoms with Crippen LogP contribution in [-0.2, 0) is 21.7 Å². The summed E-state index contributed by atoms with van der Waals surface area (Å²) in [6, 6.07) is 7.69. The number of hydrogen-bond donors (Lipinski definition) is 1. The standard InChI is InChI=1S/C22H19Cl2F3N4O2S/c1-2-28-19(32)31-10-20(11-31)15-4-3-12(5-13(15)9-33-20)16-8-21(34-30-16,22(25,26)27)14-6-17(23)29-18(24)7-14/h3-7H,2,8-11H2,1H3,(H,28,32). The van der Waals surface area contributed by atoms with Gasteiger partial charge in [-0.1, -0.05) is 35.3 Å². The number of carbonyl (C=O) groups is 1. The zero-order valence-electron chi connectivity index (χ0n) is 17.9. The quantitative estimate of drug-likeness (QED) is 0.422. The summed E-state index contributed by atoms with van der Waals surface area (Å²) in [5.41, 5.74) is 2.12. The van der Waals surface area contributed by atoms with Crippen LogP contribution in [0, 0.1) is 0 Å². The molecule has 0 radical (unpaired) electrons. The van der Waals surface area contributed by atoms with E-state index in [0.29, 0.717) is 49.5 Å². The van der Waals surface area contributed by atoms with Crippen LogP contribution in [0.3, 0.4) is 0 Å². The molecule has 1 saturated heterocycles. The molecule has 12 heteroatoms. The normalized spacial score (nSPS) is 23.0. The number of alkyl halides is 3. The Bertz CT molecular complexity index is 1180. The van der Waals surface area contributed by atoms with Gasteiger partial charge in [0.05, 0.1) is 25.4 Å². The number of ether oxygens (including phenoxy) is 1. The maximum absolute atomic E-state index is 14.3. The molecular weight excluding hydrogens is 512 g/mol. The summed E-state index contributed by atoms with van der Waals surface area (Å²) in [6.45, 7) is 3.59. The zero-order chi connectivity index (χ0) is 24.3. The number of urea groups is 1. The van der Waals surface area contributed by atoms with Crippen molar-refractivity contribution in [2.75, 3.05) is 19.6 Å². The molecule has 34 heavy (non-hydrogen) atoms. The van der Waals surface area contributed by atoms with Gasteiger partial charge in [0.1, 0.15) is 15.9 Å². The Balaban J connectivity index is 1.40. The summed E-state index contributed by atoms with van der Waals surface area (Å²) in [4.78, 5) is 17.5. The Morgan fingerprint density at radius 3 is 2.59 bits per heavy atom. The molecule has 0 bridgehead atoms. The lowest BCUT2D eigenvalue weighted by Crippen LogP contribution is -2.63. The molecule has 3 aliphatic heterocycles. The van der Waals surface area contributed by atoms with Gasteiger partial charge in [-0.25, -0.2) is 14.2 Å². The Kier molecular flexibility index (Phi) is 5.78. The molecule has 3 aliphatic rings. The summed E-state index contributed by atoms with van der Waals surface area (Å²) in [6.07, 6.45) is -4.97. The van der Waals surface area contributed by atoms with E-state index in [9.17, 15) is 18.0 Å². The van der Waals surface area contributed by atoms with Crippen LogP contribution < -0.4 is 5.32 Å². The highest BCUT2D eigenvalue weighted by Crippen LogP contribution is 2.57. The number of nitrogens with one attached hydrogen (secondary N) is 1. The molecule has 2 aromatic rings. The van der Waals surface area contributed by atoms with E-state index >= 15 is 0 Å². The summed E-state index contributed by atoms with van der Waals surface area (Å²) in [5, 5.41) is 2.55. The van der Waals surface area contributed by atoms with Gasteiger partial charge < -0.3 is 15.0 Å². The molecule has 4 heterocycles. The summed E-state index contributed by atoms with van der Waals surface area (Å²) in [7, 11) is 0. The lowest BCUT2D eigenvalue weighted by Gasteiger charge is -2.47. The number of fused-ring (bicyclic) bond motifs is 2. The van der Waals surface area contributed by atoms with Crippen molar-refractivity contribution in [3.05, 3.63) is 62.9 Å². The fourth-order valence-corrected chi connectivity index (χ4v) is 6.05. The van der Waals surface area contributed by atoms with Gasteiger partial charge in [-0.2, -0.15) is 13.2 Å². The van der Waals surface area contributed by atoms with Gasteiger partial charge in [0.15, 0.2) is 4.75 Å². The Morgan fingerprint density at radius 1 is 1.24 bits per heavy atom. The first-order chi connectivity index (χ1) is 16.1. The number of amides is 2. The predicted octanol–water partition coefficient (Wildman–Crippen LogP) is 5.46. The molecule has 180 valence electrons. The second-order valence-corrected chi connectivity index (χ2v) is 10.3. The average Bonchev–Trinajstić information content (AvgIpc) is 3.35. The number of carbonyl (C=O) groups excluding carboxylic acids is 1. The fraction of sp³-hybridized carbons (Fsp3) is 0.409. The highest BCUT2D eigenvalue weighted by molar-refractivity contribution is 7.99. The van der Waals surface area contributed by atoms with Gasteiger partial charge in [0.2, 0.25) is 0 Å². The molecular formula is C22H19Cl2F3N4O2S. The molecule has 1 unspecified atom stereocenters. The predicted molar refractivity (Wildman–Crippen MR) is 124 cm³/mol. The van der Waals surface area contributed by atoms with Crippen molar-refractivity contribution in [2.24, 2.45) is 4.40 Å².